The van der Waals surface area contributed by atoms with E-state index in [1.54, 1.807) is 25.2 Å². The molecule has 1 aromatic heterocycles. The van der Waals surface area contributed by atoms with Gasteiger partial charge in [-0.2, -0.15) is 4.39 Å². The van der Waals surface area contributed by atoms with Crippen molar-refractivity contribution in [3.63, 3.8) is 0 Å². The Bertz CT molecular complexity index is 783. The fourth-order valence-corrected chi connectivity index (χ4v) is 4.08. The van der Waals surface area contributed by atoms with E-state index in [0.29, 0.717) is 17.3 Å². The average Bonchev–Trinajstić information content (AvgIpc) is 3.15. The highest BCUT2D eigenvalue weighted by Crippen LogP contribution is 2.40. The van der Waals surface area contributed by atoms with Gasteiger partial charge >= 0.3 is 0 Å². The number of benzene rings is 1. The summed E-state index contributed by atoms with van der Waals surface area (Å²) in [6, 6.07) is 8.13. The number of nitrogens with zero attached hydrogens (tertiary/aromatic N) is 2. The molecule has 1 heterocycles. The fourth-order valence-electron chi connectivity index (χ4n) is 4.08. The first-order chi connectivity index (χ1) is 13.9. The summed E-state index contributed by atoms with van der Waals surface area (Å²) in [6.45, 7) is 3.01. The average molecular weight is 422 g/mol. The summed E-state index contributed by atoms with van der Waals surface area (Å²) in [4.78, 5) is 5.75. The number of pyridine rings is 1. The van der Waals surface area contributed by atoms with E-state index in [-0.39, 0.29) is 19.9 Å². The summed E-state index contributed by atoms with van der Waals surface area (Å²) in [5, 5.41) is 11.9. The molecule has 2 atom stereocenters. The number of hydrogen-bond acceptors (Lipinski definition) is 4. The van der Waals surface area contributed by atoms with Crippen LogP contribution in [0.25, 0.3) is 0 Å². The number of anilines is 1. The largest absolute Gasteiger partial charge is 0.392 e. The minimum absolute atomic E-state index is 0. The lowest BCUT2D eigenvalue weighted by Crippen LogP contribution is -2.19. The molecular formula is C24H37F2N3O. The van der Waals surface area contributed by atoms with Crippen molar-refractivity contribution < 1.29 is 13.9 Å². The summed E-state index contributed by atoms with van der Waals surface area (Å²) in [6.07, 6.45) is 4.44. The maximum Gasteiger partial charge on any atom is 0.214 e. The van der Waals surface area contributed by atoms with Crippen LogP contribution in [0.15, 0.2) is 30.3 Å². The van der Waals surface area contributed by atoms with Gasteiger partial charge in [0.05, 0.1) is 6.61 Å². The number of aliphatic hydroxyl groups is 1. The molecule has 1 saturated carbocycles. The molecule has 0 radical (unpaired) electrons. The van der Waals surface area contributed by atoms with Crippen molar-refractivity contribution >= 4 is 5.82 Å². The van der Waals surface area contributed by atoms with E-state index in [1.165, 1.54) is 23.6 Å². The summed E-state index contributed by atoms with van der Waals surface area (Å²) in [5.41, 5.74) is 2.79. The van der Waals surface area contributed by atoms with E-state index in [1.807, 2.05) is 6.07 Å². The second kappa shape index (κ2) is 12.6. The Labute approximate surface area is 180 Å². The van der Waals surface area contributed by atoms with Gasteiger partial charge in [-0.25, -0.2) is 9.37 Å². The van der Waals surface area contributed by atoms with Gasteiger partial charge in [-0.15, -0.1) is 0 Å². The molecule has 0 saturated heterocycles. The molecule has 0 amide bonds. The summed E-state index contributed by atoms with van der Waals surface area (Å²) < 4.78 is 26.2. The molecule has 6 heteroatoms. The monoisotopic (exact) mass is 421 g/mol. The first-order valence-corrected chi connectivity index (χ1v) is 10.2. The zero-order valence-electron chi connectivity index (χ0n) is 17.9. The molecule has 2 N–H and O–H groups in total. The lowest BCUT2D eigenvalue weighted by atomic mass is 9.89. The molecule has 1 aromatic carbocycles. The number of aryl methyl sites for hydroxylation is 1. The SMILES string of the molecule is C.CCc1cc(CO)c(F)cc1C1CCC(CN(C)C)C1.CNc1cccc(F)n1. The third-order valence-corrected chi connectivity index (χ3v) is 5.44. The Morgan fingerprint density at radius 1 is 1.17 bits per heavy atom. The first-order valence-electron chi connectivity index (χ1n) is 10.2. The molecule has 0 aliphatic heterocycles. The Hall–Kier alpha value is -2.05. The molecule has 0 bridgehead atoms. The Morgan fingerprint density at radius 2 is 1.90 bits per heavy atom. The van der Waals surface area contributed by atoms with E-state index >= 15 is 0 Å². The van der Waals surface area contributed by atoms with Gasteiger partial charge in [-0.1, -0.05) is 26.5 Å². The van der Waals surface area contributed by atoms with Crippen molar-refractivity contribution in [1.82, 2.24) is 9.88 Å². The Balaban J connectivity index is 0.000000379. The van der Waals surface area contributed by atoms with Gasteiger partial charge in [0.1, 0.15) is 11.6 Å². The van der Waals surface area contributed by atoms with Crippen LogP contribution in [0.3, 0.4) is 0 Å². The van der Waals surface area contributed by atoms with Gasteiger partial charge in [0, 0.05) is 19.2 Å². The minimum atomic E-state index is -0.457. The number of aromatic nitrogens is 1. The molecular weight excluding hydrogens is 384 g/mol. The van der Waals surface area contributed by atoms with Gasteiger partial charge in [-0.3, -0.25) is 0 Å². The quantitative estimate of drug-likeness (QED) is 0.628. The maximum absolute atomic E-state index is 14.0. The van der Waals surface area contributed by atoms with Crippen molar-refractivity contribution in [2.75, 3.05) is 33.0 Å². The van der Waals surface area contributed by atoms with E-state index in [4.69, 9.17) is 0 Å². The van der Waals surface area contributed by atoms with E-state index in [9.17, 15) is 13.9 Å². The number of nitrogens with one attached hydrogen (secondary N) is 1. The van der Waals surface area contributed by atoms with E-state index < -0.39 is 5.95 Å². The molecule has 2 aromatic rings. The van der Waals surface area contributed by atoms with Crippen LogP contribution in [-0.2, 0) is 13.0 Å². The molecule has 0 spiro atoms. The van der Waals surface area contributed by atoms with Gasteiger partial charge < -0.3 is 15.3 Å². The van der Waals surface area contributed by atoms with Crippen molar-refractivity contribution in [3.05, 3.63) is 58.8 Å². The molecule has 2 unspecified atom stereocenters. The van der Waals surface area contributed by atoms with Crippen LogP contribution in [0.2, 0.25) is 0 Å². The standard InChI is InChI=1S/C17H26FNO.C6H7FN2.CH4/c1-4-13-8-15(11-20)17(18)9-16(13)14-6-5-12(7-14)10-19(2)3;1-8-6-4-2-3-5(7)9-6;/h8-9,12,14,20H,4-7,10-11H2,1-3H3;2-4H,1H3,(H,8,9);1H4. The fraction of sp³-hybridized carbons (Fsp3) is 0.542. The predicted octanol–water partition coefficient (Wildman–Crippen LogP) is 5.22. The van der Waals surface area contributed by atoms with Gasteiger partial charge in [0.15, 0.2) is 0 Å². The topological polar surface area (TPSA) is 48.4 Å². The molecule has 30 heavy (non-hydrogen) atoms. The van der Waals surface area contributed by atoms with Crippen LogP contribution in [0.1, 0.15) is 56.2 Å². The van der Waals surface area contributed by atoms with Crippen LogP contribution in [0.5, 0.6) is 0 Å². The van der Waals surface area contributed by atoms with Crippen LogP contribution in [-0.4, -0.2) is 42.7 Å². The lowest BCUT2D eigenvalue weighted by molar-refractivity contribution is 0.275. The van der Waals surface area contributed by atoms with Crippen molar-refractivity contribution in [3.8, 4) is 0 Å². The Morgan fingerprint density at radius 3 is 2.43 bits per heavy atom. The summed E-state index contributed by atoms with van der Waals surface area (Å²) >= 11 is 0. The number of aliphatic hydroxyl groups excluding tert-OH is 1. The highest BCUT2D eigenvalue weighted by molar-refractivity contribution is 5.36. The molecule has 3 rings (SSSR count). The highest BCUT2D eigenvalue weighted by atomic mass is 19.1. The second-order valence-electron chi connectivity index (χ2n) is 7.89. The van der Waals surface area contributed by atoms with Crippen LogP contribution < -0.4 is 5.32 Å². The van der Waals surface area contributed by atoms with E-state index in [2.05, 4.69) is 36.2 Å². The lowest BCUT2D eigenvalue weighted by Gasteiger charge is -2.18. The van der Waals surface area contributed by atoms with Crippen LogP contribution in [0.4, 0.5) is 14.6 Å². The molecule has 4 nitrogen and oxygen atoms in total. The summed E-state index contributed by atoms with van der Waals surface area (Å²) in [5.74, 6) is 1.05. The van der Waals surface area contributed by atoms with Crippen LogP contribution >= 0.6 is 0 Å². The van der Waals surface area contributed by atoms with Crippen molar-refractivity contribution in [2.45, 2.75) is 52.6 Å². The summed E-state index contributed by atoms with van der Waals surface area (Å²) in [7, 11) is 5.92. The van der Waals surface area contributed by atoms with Gasteiger partial charge in [-0.05, 0) is 80.9 Å². The van der Waals surface area contributed by atoms with Gasteiger partial charge in [0.2, 0.25) is 5.95 Å². The molecule has 168 valence electrons. The van der Waals surface area contributed by atoms with Crippen LogP contribution in [0, 0.1) is 17.7 Å². The minimum Gasteiger partial charge on any atom is -0.392 e. The maximum atomic E-state index is 14.0. The second-order valence-corrected chi connectivity index (χ2v) is 7.89. The predicted molar refractivity (Wildman–Crippen MR) is 121 cm³/mol. The third kappa shape index (κ3) is 7.33. The van der Waals surface area contributed by atoms with Crippen molar-refractivity contribution in [2.24, 2.45) is 5.92 Å². The number of hydrogen-bond donors (Lipinski definition) is 2. The Kier molecular flexibility index (Phi) is 10.9. The molecule has 1 aliphatic rings. The highest BCUT2D eigenvalue weighted by Gasteiger charge is 2.28. The zero-order chi connectivity index (χ0) is 21.4. The first kappa shape index (κ1) is 26.0. The smallest absolute Gasteiger partial charge is 0.214 e. The van der Waals surface area contributed by atoms with Gasteiger partial charge in [0.25, 0.3) is 0 Å². The zero-order valence-corrected chi connectivity index (χ0v) is 17.9. The molecule has 1 fully saturated rings. The number of rotatable bonds is 6. The third-order valence-electron chi connectivity index (χ3n) is 5.44. The normalized spacial score (nSPS) is 17.9. The number of halogens is 2. The molecule has 1 aliphatic carbocycles. The van der Waals surface area contributed by atoms with Crippen molar-refractivity contribution in [1.29, 1.82) is 0 Å². The van der Waals surface area contributed by atoms with E-state index in [0.717, 1.165) is 31.7 Å².